The normalized spacial score (nSPS) is 10.3. The number of rotatable bonds is 5. The molecule has 1 heterocycles. The topological polar surface area (TPSA) is 81.9 Å². The Morgan fingerprint density at radius 2 is 2.04 bits per heavy atom. The number of halogens is 1. The second kappa shape index (κ2) is 7.51. The van der Waals surface area contributed by atoms with Gasteiger partial charge in [0.05, 0.1) is 0 Å². The van der Waals surface area contributed by atoms with Gasteiger partial charge in [0.2, 0.25) is 5.82 Å². The van der Waals surface area contributed by atoms with Gasteiger partial charge >= 0.3 is 0 Å². The fourth-order valence-electron chi connectivity index (χ4n) is 2.10. The van der Waals surface area contributed by atoms with Crippen LogP contribution in [0, 0.1) is 30.0 Å². The van der Waals surface area contributed by atoms with Crippen molar-refractivity contribution in [3.05, 3.63) is 53.2 Å². The number of amides is 1. The van der Waals surface area contributed by atoms with Crippen LogP contribution in [0.15, 0.2) is 30.5 Å². The van der Waals surface area contributed by atoms with Gasteiger partial charge in [0, 0.05) is 23.9 Å². The van der Waals surface area contributed by atoms with Crippen molar-refractivity contribution in [2.45, 2.75) is 20.8 Å². The average molecular weight is 327 g/mol. The van der Waals surface area contributed by atoms with E-state index < -0.39 is 5.82 Å². The van der Waals surface area contributed by atoms with E-state index in [1.54, 1.807) is 11.9 Å². The molecule has 0 aliphatic rings. The number of aromatic nitrogens is 2. The van der Waals surface area contributed by atoms with Crippen molar-refractivity contribution in [1.82, 2.24) is 15.4 Å². The Labute approximate surface area is 139 Å². The molecular weight excluding hydrogens is 309 g/mol. The number of carbonyl (C=O) groups is 1. The van der Waals surface area contributed by atoms with Gasteiger partial charge in [-0.05, 0) is 37.1 Å². The Kier molecular flexibility index (Phi) is 5.42. The summed E-state index contributed by atoms with van der Waals surface area (Å²) in [5.74, 6) is -0.0624. The first-order valence-electron chi connectivity index (χ1n) is 7.48. The molecule has 0 saturated heterocycles. The maximum atomic E-state index is 13.0. The van der Waals surface area contributed by atoms with Crippen molar-refractivity contribution in [3.63, 3.8) is 0 Å². The summed E-state index contributed by atoms with van der Waals surface area (Å²) in [7, 11) is 0. The Morgan fingerprint density at radius 1 is 1.38 bits per heavy atom. The molecule has 124 valence electrons. The van der Waals surface area contributed by atoms with Gasteiger partial charge in [-0.15, -0.1) is 0 Å². The lowest BCUT2D eigenvalue weighted by Gasteiger charge is -2.27. The van der Waals surface area contributed by atoms with Crippen molar-refractivity contribution in [1.29, 1.82) is 5.26 Å². The van der Waals surface area contributed by atoms with Crippen LogP contribution in [0.3, 0.4) is 0 Å². The molecule has 0 unspecified atom stereocenters. The molecule has 0 spiro atoms. The molecule has 0 aliphatic heterocycles. The highest BCUT2D eigenvalue weighted by Crippen LogP contribution is 2.16. The summed E-state index contributed by atoms with van der Waals surface area (Å²) in [6, 6.07) is 7.16. The summed E-state index contributed by atoms with van der Waals surface area (Å²) in [4.78, 5) is 20.5. The van der Waals surface area contributed by atoms with Gasteiger partial charge < -0.3 is 0 Å². The van der Waals surface area contributed by atoms with Gasteiger partial charge in [0.1, 0.15) is 11.9 Å². The van der Waals surface area contributed by atoms with Crippen LogP contribution in [0.5, 0.6) is 0 Å². The number of hydrogen-bond acceptors (Lipinski definition) is 5. The van der Waals surface area contributed by atoms with Crippen molar-refractivity contribution in [3.8, 4) is 6.07 Å². The molecule has 2 rings (SSSR count). The monoisotopic (exact) mass is 327 g/mol. The maximum Gasteiger partial charge on any atom is 0.269 e. The standard InChI is InChI=1S/C17H18FN5O/c1-11(2)10-23(16-12(3)9-20-15(8-19)21-16)22-17(24)13-4-6-14(18)7-5-13/h4-7,9,11H,10H2,1-3H3,(H,22,24). The number of carbonyl (C=O) groups excluding carboxylic acids is 1. The average Bonchev–Trinajstić information content (AvgIpc) is 2.55. The quantitative estimate of drug-likeness (QED) is 0.854. The molecule has 1 amide bonds. The van der Waals surface area contributed by atoms with Crippen LogP contribution in [-0.2, 0) is 0 Å². The van der Waals surface area contributed by atoms with Crippen molar-refractivity contribution in [2.24, 2.45) is 5.92 Å². The summed E-state index contributed by atoms with van der Waals surface area (Å²) in [6.45, 7) is 6.29. The molecule has 0 bridgehead atoms. The summed E-state index contributed by atoms with van der Waals surface area (Å²) >= 11 is 0. The number of nitriles is 1. The number of hydrazine groups is 1. The minimum Gasteiger partial charge on any atom is -0.267 e. The van der Waals surface area contributed by atoms with E-state index in [1.807, 2.05) is 19.9 Å². The van der Waals surface area contributed by atoms with E-state index in [0.717, 1.165) is 5.56 Å². The predicted octanol–water partition coefficient (Wildman–Crippen LogP) is 2.60. The molecule has 1 N–H and O–H groups in total. The lowest BCUT2D eigenvalue weighted by atomic mass is 10.2. The maximum absolute atomic E-state index is 13.0. The van der Waals surface area contributed by atoms with E-state index in [1.165, 1.54) is 30.5 Å². The Bertz CT molecular complexity index is 768. The van der Waals surface area contributed by atoms with E-state index in [-0.39, 0.29) is 17.6 Å². The summed E-state index contributed by atoms with van der Waals surface area (Å²) < 4.78 is 13.0. The Balaban J connectivity index is 2.30. The number of nitrogens with one attached hydrogen (secondary N) is 1. The zero-order valence-electron chi connectivity index (χ0n) is 13.7. The van der Waals surface area contributed by atoms with Gasteiger partial charge in [0.25, 0.3) is 5.91 Å². The molecule has 1 aromatic carbocycles. The van der Waals surface area contributed by atoms with E-state index >= 15 is 0 Å². The van der Waals surface area contributed by atoms with Crippen LogP contribution in [0.4, 0.5) is 10.2 Å². The SMILES string of the molecule is Cc1cnc(C#N)nc1N(CC(C)C)NC(=O)c1ccc(F)cc1. The molecule has 2 aromatic rings. The third-order valence-corrected chi connectivity index (χ3v) is 3.19. The fourth-order valence-corrected chi connectivity index (χ4v) is 2.10. The highest BCUT2D eigenvalue weighted by atomic mass is 19.1. The van der Waals surface area contributed by atoms with Crippen LogP contribution >= 0.6 is 0 Å². The fraction of sp³-hybridized carbons (Fsp3) is 0.294. The van der Waals surface area contributed by atoms with Crippen LogP contribution in [0.1, 0.15) is 35.6 Å². The Hall–Kier alpha value is -3.01. The molecule has 0 aliphatic carbocycles. The molecule has 6 nitrogen and oxygen atoms in total. The molecule has 0 atom stereocenters. The van der Waals surface area contributed by atoms with Gasteiger partial charge in [-0.2, -0.15) is 10.2 Å². The smallest absolute Gasteiger partial charge is 0.267 e. The van der Waals surface area contributed by atoms with Gasteiger partial charge in [0.15, 0.2) is 5.82 Å². The van der Waals surface area contributed by atoms with Crippen LogP contribution in [0.2, 0.25) is 0 Å². The van der Waals surface area contributed by atoms with Gasteiger partial charge in [-0.25, -0.2) is 9.37 Å². The van der Waals surface area contributed by atoms with Crippen LogP contribution in [-0.4, -0.2) is 22.4 Å². The lowest BCUT2D eigenvalue weighted by Crippen LogP contribution is -2.45. The third kappa shape index (κ3) is 4.26. The molecule has 24 heavy (non-hydrogen) atoms. The van der Waals surface area contributed by atoms with Gasteiger partial charge in [-0.3, -0.25) is 15.2 Å². The number of nitrogens with zero attached hydrogens (tertiary/aromatic N) is 4. The minimum atomic E-state index is -0.407. The molecular formula is C17H18FN5O. The predicted molar refractivity (Wildman–Crippen MR) is 87.5 cm³/mol. The molecule has 0 radical (unpaired) electrons. The zero-order valence-corrected chi connectivity index (χ0v) is 13.7. The Morgan fingerprint density at radius 3 is 2.62 bits per heavy atom. The number of anilines is 1. The molecule has 7 heteroatoms. The van der Waals surface area contributed by atoms with Crippen molar-refractivity contribution >= 4 is 11.7 Å². The zero-order chi connectivity index (χ0) is 17.7. The lowest BCUT2D eigenvalue weighted by molar-refractivity contribution is 0.0947. The summed E-state index contributed by atoms with van der Waals surface area (Å²) in [5.41, 5.74) is 3.83. The molecule has 0 fully saturated rings. The number of benzene rings is 1. The largest absolute Gasteiger partial charge is 0.269 e. The van der Waals surface area contributed by atoms with Crippen molar-refractivity contribution in [2.75, 3.05) is 11.6 Å². The van der Waals surface area contributed by atoms with Crippen molar-refractivity contribution < 1.29 is 9.18 Å². The summed E-state index contributed by atoms with van der Waals surface area (Å²) in [5, 5.41) is 10.6. The second-order valence-corrected chi connectivity index (χ2v) is 5.76. The molecule has 0 saturated carbocycles. The molecule has 1 aromatic heterocycles. The first-order valence-corrected chi connectivity index (χ1v) is 7.48. The van der Waals surface area contributed by atoms with E-state index in [9.17, 15) is 9.18 Å². The first-order chi connectivity index (χ1) is 11.4. The van der Waals surface area contributed by atoms with E-state index in [2.05, 4.69) is 15.4 Å². The van der Waals surface area contributed by atoms with E-state index in [4.69, 9.17) is 5.26 Å². The third-order valence-electron chi connectivity index (χ3n) is 3.19. The highest BCUT2D eigenvalue weighted by Gasteiger charge is 2.17. The van der Waals surface area contributed by atoms with Crippen LogP contribution < -0.4 is 10.4 Å². The highest BCUT2D eigenvalue weighted by molar-refractivity contribution is 5.95. The number of aryl methyl sites for hydroxylation is 1. The van der Waals surface area contributed by atoms with Gasteiger partial charge in [-0.1, -0.05) is 13.8 Å². The number of hydrogen-bond donors (Lipinski definition) is 1. The summed E-state index contributed by atoms with van der Waals surface area (Å²) in [6.07, 6.45) is 1.54. The minimum absolute atomic E-state index is 0.0281. The second-order valence-electron chi connectivity index (χ2n) is 5.76. The van der Waals surface area contributed by atoms with E-state index in [0.29, 0.717) is 17.9 Å². The first kappa shape index (κ1) is 17.3. The van der Waals surface area contributed by atoms with Crippen LogP contribution in [0.25, 0.3) is 0 Å².